The Kier molecular flexibility index (Phi) is 6.81. The second-order valence-corrected chi connectivity index (χ2v) is 6.24. The average molecular weight is 289 g/mol. The van der Waals surface area contributed by atoms with E-state index in [9.17, 15) is 0 Å². The predicted octanol–water partition coefficient (Wildman–Crippen LogP) is 2.45. The summed E-state index contributed by atoms with van der Waals surface area (Å²) in [6.07, 6.45) is 3.28. The number of anilines is 1. The minimum atomic E-state index is 0.551. The highest BCUT2D eigenvalue weighted by atomic mass is 32.2. The van der Waals surface area contributed by atoms with E-state index in [1.165, 1.54) is 4.88 Å². The highest BCUT2D eigenvalue weighted by Gasteiger charge is 2.14. The lowest BCUT2D eigenvalue weighted by molar-refractivity contribution is 0.393. The number of nitrogens with one attached hydrogen (secondary N) is 1. The predicted molar refractivity (Wildman–Crippen MR) is 82.3 cm³/mol. The van der Waals surface area contributed by atoms with E-state index in [1.807, 2.05) is 30.8 Å². The lowest BCUT2D eigenvalue weighted by atomic mass is 10.2. The molecule has 0 aliphatic rings. The summed E-state index contributed by atoms with van der Waals surface area (Å²) < 4.78 is 5.33. The molecule has 1 unspecified atom stereocenters. The molecule has 4 nitrogen and oxygen atoms in total. The first-order valence-electron chi connectivity index (χ1n) is 6.05. The molecule has 0 aliphatic heterocycles. The molecule has 104 valence electrons. The lowest BCUT2D eigenvalue weighted by Gasteiger charge is -2.15. The summed E-state index contributed by atoms with van der Waals surface area (Å²) in [5.74, 6) is 1.88. The zero-order valence-corrected chi connectivity index (χ0v) is 13.5. The van der Waals surface area contributed by atoms with Gasteiger partial charge in [-0.05, 0) is 12.7 Å². The maximum atomic E-state index is 5.33. The molecule has 0 fully saturated rings. The van der Waals surface area contributed by atoms with Crippen molar-refractivity contribution in [3.8, 4) is 5.88 Å². The third-order valence-electron chi connectivity index (χ3n) is 2.64. The smallest absolute Gasteiger partial charge is 0.230 e. The first-order valence-corrected chi connectivity index (χ1v) is 8.26. The number of ether oxygens (including phenoxy) is 1. The second kappa shape index (κ2) is 7.86. The zero-order chi connectivity index (χ0) is 13.5. The van der Waals surface area contributed by atoms with Gasteiger partial charge >= 0.3 is 0 Å². The molecule has 0 aliphatic carbocycles. The van der Waals surface area contributed by atoms with Crippen LogP contribution in [0.5, 0.6) is 5.88 Å². The Hall–Kier alpha value is -0.460. The molecule has 0 saturated heterocycles. The molecule has 1 rings (SSSR count). The zero-order valence-electron chi connectivity index (χ0n) is 11.8. The van der Waals surface area contributed by atoms with Crippen molar-refractivity contribution >= 4 is 28.2 Å². The number of thioether (sulfide) groups is 1. The molecule has 0 bridgehead atoms. The summed E-state index contributed by atoms with van der Waals surface area (Å²) in [5.41, 5.74) is 0. The summed E-state index contributed by atoms with van der Waals surface area (Å²) in [4.78, 5) is 7.63. The highest BCUT2D eigenvalue weighted by Crippen LogP contribution is 2.30. The summed E-state index contributed by atoms with van der Waals surface area (Å²) in [7, 11) is 5.67. The van der Waals surface area contributed by atoms with Gasteiger partial charge in [-0.3, -0.25) is 0 Å². The molecule has 1 atom stereocenters. The van der Waals surface area contributed by atoms with Crippen LogP contribution in [0, 0.1) is 0 Å². The highest BCUT2D eigenvalue weighted by molar-refractivity contribution is 7.98. The van der Waals surface area contributed by atoms with E-state index in [1.54, 1.807) is 18.4 Å². The van der Waals surface area contributed by atoms with Crippen molar-refractivity contribution in [1.82, 2.24) is 10.3 Å². The van der Waals surface area contributed by atoms with Gasteiger partial charge in [0.15, 0.2) is 5.13 Å². The topological polar surface area (TPSA) is 37.4 Å². The van der Waals surface area contributed by atoms with Crippen LogP contribution in [-0.2, 0) is 6.54 Å². The van der Waals surface area contributed by atoms with Gasteiger partial charge < -0.3 is 15.0 Å². The number of nitrogens with zero attached hydrogens (tertiary/aromatic N) is 2. The lowest BCUT2D eigenvalue weighted by Crippen LogP contribution is -2.29. The van der Waals surface area contributed by atoms with E-state index >= 15 is 0 Å². The van der Waals surface area contributed by atoms with E-state index in [0.717, 1.165) is 29.7 Å². The van der Waals surface area contributed by atoms with Crippen molar-refractivity contribution in [1.29, 1.82) is 0 Å². The van der Waals surface area contributed by atoms with E-state index in [0.29, 0.717) is 6.04 Å². The van der Waals surface area contributed by atoms with Gasteiger partial charge in [-0.25, -0.2) is 0 Å². The molecular weight excluding hydrogens is 266 g/mol. The van der Waals surface area contributed by atoms with Crippen LogP contribution in [0.15, 0.2) is 0 Å². The van der Waals surface area contributed by atoms with Crippen LogP contribution in [0.2, 0.25) is 0 Å². The Bertz CT molecular complexity index is 355. The summed E-state index contributed by atoms with van der Waals surface area (Å²) in [6.45, 7) is 3.04. The van der Waals surface area contributed by atoms with Crippen LogP contribution in [0.4, 0.5) is 5.13 Å². The molecule has 1 aromatic heterocycles. The summed E-state index contributed by atoms with van der Waals surface area (Å²) in [5, 5.41) is 4.55. The Labute approximate surface area is 118 Å². The van der Waals surface area contributed by atoms with Crippen LogP contribution in [-0.4, -0.2) is 44.2 Å². The van der Waals surface area contributed by atoms with Gasteiger partial charge in [0.05, 0.1) is 12.0 Å². The number of hydrogen-bond donors (Lipinski definition) is 1. The van der Waals surface area contributed by atoms with Gasteiger partial charge in [-0.1, -0.05) is 18.3 Å². The summed E-state index contributed by atoms with van der Waals surface area (Å²) in [6, 6.07) is 0.551. The van der Waals surface area contributed by atoms with Crippen molar-refractivity contribution in [2.75, 3.05) is 38.1 Å². The maximum absolute atomic E-state index is 5.33. The number of methoxy groups -OCH3 is 1. The van der Waals surface area contributed by atoms with Crippen molar-refractivity contribution in [2.45, 2.75) is 25.9 Å². The second-order valence-electron chi connectivity index (χ2n) is 4.26. The molecule has 1 N–H and O–H groups in total. The minimum absolute atomic E-state index is 0.551. The Morgan fingerprint density at radius 2 is 2.22 bits per heavy atom. The molecular formula is C12H23N3OS2. The molecule has 0 saturated carbocycles. The van der Waals surface area contributed by atoms with Crippen LogP contribution in [0.3, 0.4) is 0 Å². The largest absolute Gasteiger partial charge is 0.480 e. The molecule has 0 radical (unpaired) electrons. The average Bonchev–Trinajstić information content (AvgIpc) is 2.77. The fourth-order valence-electron chi connectivity index (χ4n) is 1.55. The summed E-state index contributed by atoms with van der Waals surface area (Å²) >= 11 is 3.56. The van der Waals surface area contributed by atoms with Crippen LogP contribution in [0.25, 0.3) is 0 Å². The number of thiazole rings is 1. The van der Waals surface area contributed by atoms with E-state index in [-0.39, 0.29) is 0 Å². The third-order valence-corrected chi connectivity index (χ3v) is 4.58. The third kappa shape index (κ3) is 4.33. The van der Waals surface area contributed by atoms with Crippen molar-refractivity contribution in [3.05, 3.63) is 4.88 Å². The van der Waals surface area contributed by atoms with E-state index < -0.39 is 0 Å². The van der Waals surface area contributed by atoms with Crippen LogP contribution < -0.4 is 15.0 Å². The minimum Gasteiger partial charge on any atom is -0.480 e. The van der Waals surface area contributed by atoms with Gasteiger partial charge in [0.1, 0.15) is 0 Å². The van der Waals surface area contributed by atoms with Crippen molar-refractivity contribution < 1.29 is 4.74 Å². The van der Waals surface area contributed by atoms with Crippen molar-refractivity contribution in [3.63, 3.8) is 0 Å². The van der Waals surface area contributed by atoms with E-state index in [2.05, 4.69) is 23.5 Å². The Morgan fingerprint density at radius 1 is 1.50 bits per heavy atom. The number of aromatic nitrogens is 1. The molecule has 0 amide bonds. The van der Waals surface area contributed by atoms with E-state index in [4.69, 9.17) is 4.74 Å². The molecule has 1 heterocycles. The standard InChI is InChI=1S/C12H23N3OS2/c1-6-9(8-17-5)13-7-10-11(16-4)14-12(18-10)15(2)3/h9,13H,6-8H2,1-5H3. The fraction of sp³-hybridized carbons (Fsp3) is 0.750. The van der Waals surface area contributed by atoms with Crippen LogP contribution in [0.1, 0.15) is 18.2 Å². The SMILES string of the molecule is CCC(CSC)NCc1sc(N(C)C)nc1OC. The number of rotatable bonds is 8. The van der Waals surface area contributed by atoms with Gasteiger partial charge in [0.25, 0.3) is 0 Å². The molecule has 1 aromatic rings. The fourth-order valence-corrected chi connectivity index (χ4v) is 3.21. The first-order chi connectivity index (χ1) is 8.62. The molecule has 6 heteroatoms. The van der Waals surface area contributed by atoms with Gasteiger partial charge in [-0.15, -0.1) is 0 Å². The molecule has 0 aromatic carbocycles. The van der Waals surface area contributed by atoms with Crippen LogP contribution >= 0.6 is 23.1 Å². The molecule has 18 heavy (non-hydrogen) atoms. The van der Waals surface area contributed by atoms with Gasteiger partial charge in [-0.2, -0.15) is 16.7 Å². The quantitative estimate of drug-likeness (QED) is 0.795. The Morgan fingerprint density at radius 3 is 2.72 bits per heavy atom. The molecule has 0 spiro atoms. The van der Waals surface area contributed by atoms with Gasteiger partial charge in [0.2, 0.25) is 5.88 Å². The number of hydrogen-bond acceptors (Lipinski definition) is 6. The Balaban J connectivity index is 2.65. The van der Waals surface area contributed by atoms with Gasteiger partial charge in [0, 0.05) is 32.4 Å². The first kappa shape index (κ1) is 15.6. The maximum Gasteiger partial charge on any atom is 0.230 e. The monoisotopic (exact) mass is 289 g/mol. The van der Waals surface area contributed by atoms with Crippen molar-refractivity contribution in [2.24, 2.45) is 0 Å². The normalized spacial score (nSPS) is 12.5.